The van der Waals surface area contributed by atoms with Crippen LogP contribution < -0.4 is 5.32 Å². The van der Waals surface area contributed by atoms with Gasteiger partial charge in [0.05, 0.1) is 11.2 Å². The minimum absolute atomic E-state index is 0.00943. The Morgan fingerprint density at radius 1 is 1.52 bits per heavy atom. The molecule has 114 valence electrons. The first-order valence-corrected chi connectivity index (χ1v) is 7.90. The van der Waals surface area contributed by atoms with E-state index in [0.29, 0.717) is 35.5 Å². The number of ether oxygens (including phenoxy) is 1. The molecule has 0 atom stereocenters. The Labute approximate surface area is 128 Å². The predicted molar refractivity (Wildman–Crippen MR) is 85.2 cm³/mol. The van der Waals surface area contributed by atoms with Gasteiger partial charge in [-0.25, -0.2) is 0 Å². The molecule has 6 heteroatoms. The lowest BCUT2D eigenvalue weighted by molar-refractivity contribution is -0.121. The lowest BCUT2D eigenvalue weighted by Crippen LogP contribution is -2.25. The smallest absolute Gasteiger partial charge is 0.174 e. The van der Waals surface area contributed by atoms with Crippen molar-refractivity contribution >= 4 is 30.0 Å². The molecule has 5 nitrogen and oxygen atoms in total. The summed E-state index contributed by atoms with van der Waals surface area (Å²) in [5.41, 5.74) is 0.525. The maximum Gasteiger partial charge on any atom is 0.174 e. The lowest BCUT2D eigenvalue weighted by Gasteiger charge is -2.22. The monoisotopic (exact) mass is 308 g/mol. The van der Waals surface area contributed by atoms with Crippen LogP contribution in [0.1, 0.15) is 18.6 Å². The van der Waals surface area contributed by atoms with E-state index in [9.17, 15) is 4.79 Å². The van der Waals surface area contributed by atoms with Crippen LogP contribution in [-0.4, -0.2) is 38.6 Å². The molecule has 1 fully saturated rings. The molecule has 0 spiro atoms. The van der Waals surface area contributed by atoms with E-state index in [4.69, 9.17) is 9.15 Å². The van der Waals surface area contributed by atoms with Crippen molar-refractivity contribution in [1.82, 2.24) is 5.32 Å². The van der Waals surface area contributed by atoms with E-state index in [1.165, 1.54) is 11.8 Å². The number of nitrogens with zero attached hydrogens (tertiary/aromatic N) is 1. The van der Waals surface area contributed by atoms with E-state index in [0.717, 1.165) is 12.8 Å². The minimum atomic E-state index is -0.00943. The first-order valence-electron chi connectivity index (χ1n) is 6.92. The number of ketones is 1. The Hall–Kier alpha value is -1.37. The summed E-state index contributed by atoms with van der Waals surface area (Å²) in [4.78, 5) is 17.5. The number of thioether (sulfide) groups is 1. The number of allylic oxidation sites excluding steroid dienone is 1. The number of hydrogen-bond acceptors (Lipinski definition) is 6. The average molecular weight is 308 g/mol. The van der Waals surface area contributed by atoms with E-state index in [1.807, 2.05) is 7.05 Å². The van der Waals surface area contributed by atoms with Gasteiger partial charge in [-0.05, 0) is 38.7 Å². The summed E-state index contributed by atoms with van der Waals surface area (Å²) in [5.74, 6) is 1.30. The van der Waals surface area contributed by atoms with Crippen LogP contribution in [0.15, 0.2) is 32.7 Å². The number of carbonyl (C=O) groups is 1. The van der Waals surface area contributed by atoms with Gasteiger partial charge in [0.1, 0.15) is 5.70 Å². The van der Waals surface area contributed by atoms with Gasteiger partial charge in [-0.1, -0.05) is 0 Å². The highest BCUT2D eigenvalue weighted by Gasteiger charge is 2.28. The SMILES string of the molecule is C=N/C(=C(\SCNC)C(=O)C1CCOCC1)c1ccco1. The van der Waals surface area contributed by atoms with Crippen molar-refractivity contribution in [3.63, 3.8) is 0 Å². The summed E-state index contributed by atoms with van der Waals surface area (Å²) in [6.07, 6.45) is 3.08. The second kappa shape index (κ2) is 8.17. The Morgan fingerprint density at radius 3 is 2.86 bits per heavy atom. The molecule has 1 aromatic heterocycles. The topological polar surface area (TPSA) is 63.8 Å². The van der Waals surface area contributed by atoms with Gasteiger partial charge in [-0.3, -0.25) is 9.79 Å². The number of nitrogens with one attached hydrogen (secondary N) is 1. The fraction of sp³-hybridized carbons (Fsp3) is 0.467. The quantitative estimate of drug-likeness (QED) is 0.476. The zero-order chi connectivity index (χ0) is 15.1. The van der Waals surface area contributed by atoms with Gasteiger partial charge in [0, 0.05) is 25.0 Å². The molecule has 1 aromatic rings. The van der Waals surface area contributed by atoms with E-state index >= 15 is 0 Å². The van der Waals surface area contributed by atoms with E-state index < -0.39 is 0 Å². The van der Waals surface area contributed by atoms with Gasteiger partial charge in [-0.2, -0.15) is 0 Å². The highest BCUT2D eigenvalue weighted by molar-refractivity contribution is 8.04. The maximum atomic E-state index is 12.8. The predicted octanol–water partition coefficient (Wildman–Crippen LogP) is 2.55. The highest BCUT2D eigenvalue weighted by Crippen LogP contribution is 2.32. The van der Waals surface area contributed by atoms with Crippen LogP contribution in [0.2, 0.25) is 0 Å². The molecule has 0 aromatic carbocycles. The average Bonchev–Trinajstić information content (AvgIpc) is 3.05. The largest absolute Gasteiger partial charge is 0.463 e. The zero-order valence-electron chi connectivity index (χ0n) is 12.1. The van der Waals surface area contributed by atoms with E-state index in [2.05, 4.69) is 17.0 Å². The highest BCUT2D eigenvalue weighted by atomic mass is 32.2. The van der Waals surface area contributed by atoms with Crippen LogP contribution in [0.3, 0.4) is 0 Å². The number of Topliss-reactive ketones (excluding diaryl/α,β-unsaturated/α-hetero) is 1. The Balaban J connectivity index is 2.31. The standard InChI is InChI=1S/C15H20N2O3S/c1-16-10-21-15(13(17-2)12-4-3-7-20-12)14(18)11-5-8-19-9-6-11/h3-4,7,11,16H,2,5-6,8-10H2,1H3/b15-13-. The number of hydrogen-bond donors (Lipinski definition) is 1. The Kier molecular flexibility index (Phi) is 6.22. The molecular formula is C15H20N2O3S. The molecule has 2 rings (SSSR count). The van der Waals surface area contributed by atoms with Crippen molar-refractivity contribution in [2.45, 2.75) is 12.8 Å². The molecule has 0 unspecified atom stereocenters. The molecule has 1 N–H and O–H groups in total. The van der Waals surface area contributed by atoms with Gasteiger partial charge in [0.15, 0.2) is 11.5 Å². The minimum Gasteiger partial charge on any atom is -0.463 e. The molecule has 0 amide bonds. The van der Waals surface area contributed by atoms with E-state index in [1.54, 1.807) is 18.4 Å². The molecule has 1 aliphatic rings. The summed E-state index contributed by atoms with van der Waals surface area (Å²) >= 11 is 1.44. The second-order valence-electron chi connectivity index (χ2n) is 4.71. The van der Waals surface area contributed by atoms with E-state index in [-0.39, 0.29) is 11.7 Å². The van der Waals surface area contributed by atoms with Crippen LogP contribution in [0.5, 0.6) is 0 Å². The lowest BCUT2D eigenvalue weighted by atomic mass is 9.94. The molecule has 21 heavy (non-hydrogen) atoms. The molecule has 0 bridgehead atoms. The third-order valence-electron chi connectivity index (χ3n) is 3.30. The van der Waals surface area contributed by atoms with Crippen molar-refractivity contribution in [2.24, 2.45) is 10.9 Å². The van der Waals surface area contributed by atoms with Crippen molar-refractivity contribution in [1.29, 1.82) is 0 Å². The van der Waals surface area contributed by atoms with Gasteiger partial charge in [0.25, 0.3) is 0 Å². The summed E-state index contributed by atoms with van der Waals surface area (Å²) in [6, 6.07) is 3.57. The maximum absolute atomic E-state index is 12.8. The number of rotatable bonds is 7. The Morgan fingerprint density at radius 2 is 2.29 bits per heavy atom. The van der Waals surface area contributed by atoms with Crippen LogP contribution in [0.4, 0.5) is 0 Å². The van der Waals surface area contributed by atoms with Crippen molar-refractivity contribution in [3.8, 4) is 0 Å². The molecule has 0 aliphatic carbocycles. The van der Waals surface area contributed by atoms with Gasteiger partial charge >= 0.3 is 0 Å². The fourth-order valence-corrected chi connectivity index (χ4v) is 3.12. The number of aliphatic imine (C=N–C) groups is 1. The van der Waals surface area contributed by atoms with Crippen molar-refractivity contribution in [3.05, 3.63) is 29.1 Å². The van der Waals surface area contributed by atoms with Crippen LogP contribution >= 0.6 is 11.8 Å². The second-order valence-corrected chi connectivity index (χ2v) is 5.69. The number of carbonyl (C=O) groups excluding carboxylic acids is 1. The van der Waals surface area contributed by atoms with Crippen LogP contribution in [0.25, 0.3) is 5.70 Å². The van der Waals surface area contributed by atoms with Gasteiger partial charge in [0.2, 0.25) is 0 Å². The first kappa shape index (κ1) is 16.0. The molecular weight excluding hydrogens is 288 g/mol. The van der Waals surface area contributed by atoms with Gasteiger partial charge < -0.3 is 14.5 Å². The molecule has 1 saturated heterocycles. The summed E-state index contributed by atoms with van der Waals surface area (Å²) < 4.78 is 10.7. The van der Waals surface area contributed by atoms with Crippen LogP contribution in [-0.2, 0) is 9.53 Å². The summed E-state index contributed by atoms with van der Waals surface area (Å²) in [7, 11) is 1.84. The van der Waals surface area contributed by atoms with Crippen molar-refractivity contribution < 1.29 is 13.9 Å². The third kappa shape index (κ3) is 4.06. The summed E-state index contributed by atoms with van der Waals surface area (Å²) in [6.45, 7) is 4.87. The fourth-order valence-electron chi connectivity index (χ4n) is 2.22. The zero-order valence-corrected chi connectivity index (χ0v) is 12.9. The number of furan rings is 1. The van der Waals surface area contributed by atoms with Crippen molar-refractivity contribution in [2.75, 3.05) is 26.1 Å². The molecule has 2 heterocycles. The molecule has 1 aliphatic heterocycles. The third-order valence-corrected chi connectivity index (χ3v) is 4.42. The normalized spacial score (nSPS) is 17.4. The molecule has 0 radical (unpaired) electrons. The van der Waals surface area contributed by atoms with Gasteiger partial charge in [-0.15, -0.1) is 11.8 Å². The molecule has 0 saturated carbocycles. The Bertz CT molecular complexity index is 505. The first-order chi connectivity index (χ1) is 10.3. The summed E-state index contributed by atoms with van der Waals surface area (Å²) in [5, 5.41) is 3.04. The van der Waals surface area contributed by atoms with Crippen LogP contribution in [0, 0.1) is 5.92 Å².